The molecule has 0 heterocycles. The van der Waals surface area contributed by atoms with Crippen LogP contribution in [0.4, 0.5) is 0 Å². The third kappa shape index (κ3) is 2.58. The number of benzene rings is 1. The zero-order valence-corrected chi connectivity index (χ0v) is 10.9. The first-order chi connectivity index (χ1) is 6.32. The normalized spacial score (nSPS) is 12.2. The fraction of sp³-hybridized carbons (Fsp3) is 0.500. The van der Waals surface area contributed by atoms with Gasteiger partial charge in [-0.05, 0) is 43.0 Å². The molecule has 2 heteroatoms. The molecule has 0 fully saturated rings. The monoisotopic (exact) mass is 255 g/mol. The van der Waals surface area contributed by atoms with Crippen LogP contribution in [0.3, 0.4) is 0 Å². The number of halogens is 1. The third-order valence-corrected chi connectivity index (χ3v) is 2.82. The van der Waals surface area contributed by atoms with Crippen LogP contribution in [0.5, 0.6) is 0 Å². The summed E-state index contributed by atoms with van der Waals surface area (Å²) in [4.78, 5) is 0. The molecule has 1 nitrogen and oxygen atoms in total. The second-order valence-corrected chi connectivity index (χ2v) is 5.52. The number of hydrogen-bond donors (Lipinski definition) is 1. The van der Waals surface area contributed by atoms with Gasteiger partial charge in [0.25, 0.3) is 0 Å². The molecule has 14 heavy (non-hydrogen) atoms. The zero-order chi connectivity index (χ0) is 10.9. The van der Waals surface area contributed by atoms with E-state index in [4.69, 9.17) is 5.73 Å². The summed E-state index contributed by atoms with van der Waals surface area (Å²) in [7, 11) is 0. The van der Waals surface area contributed by atoms with E-state index >= 15 is 0 Å². The first-order valence-electron chi connectivity index (χ1n) is 4.91. The van der Waals surface area contributed by atoms with Crippen molar-refractivity contribution in [2.24, 2.45) is 5.73 Å². The van der Waals surface area contributed by atoms with Gasteiger partial charge in [-0.25, -0.2) is 0 Å². The Balaban J connectivity index is 3.29. The summed E-state index contributed by atoms with van der Waals surface area (Å²) in [6.07, 6.45) is 0. The van der Waals surface area contributed by atoms with Gasteiger partial charge in [-0.15, -0.1) is 0 Å². The number of hydrogen-bond acceptors (Lipinski definition) is 1. The van der Waals surface area contributed by atoms with Crippen LogP contribution in [0, 0.1) is 0 Å². The molecule has 0 radical (unpaired) electrons. The third-order valence-electron chi connectivity index (χ3n) is 2.33. The molecule has 78 valence electrons. The van der Waals surface area contributed by atoms with E-state index < -0.39 is 0 Å². The van der Waals surface area contributed by atoms with Crippen molar-refractivity contribution >= 4 is 15.9 Å². The first kappa shape index (κ1) is 11.7. The zero-order valence-electron chi connectivity index (χ0n) is 9.26. The van der Waals surface area contributed by atoms with Crippen molar-refractivity contribution < 1.29 is 0 Å². The smallest absolute Gasteiger partial charge is 0.0355 e. The van der Waals surface area contributed by atoms with Crippen molar-refractivity contribution in [1.29, 1.82) is 0 Å². The molecule has 0 aromatic heterocycles. The average molecular weight is 256 g/mol. The predicted octanol–water partition coefficient (Wildman–Crippen LogP) is 3.77. The SMILES string of the molecule is CC(C)c1cc(Br)ccc1C(C)(C)N. The highest BCUT2D eigenvalue weighted by Gasteiger charge is 2.19. The molecule has 0 aliphatic rings. The Hall–Kier alpha value is -0.340. The maximum absolute atomic E-state index is 6.13. The molecule has 0 aliphatic carbocycles. The van der Waals surface area contributed by atoms with Crippen molar-refractivity contribution in [3.8, 4) is 0 Å². The average Bonchev–Trinajstić information content (AvgIpc) is 2.01. The molecular weight excluding hydrogens is 238 g/mol. The molecule has 1 aromatic carbocycles. The Bertz CT molecular complexity index is 324. The topological polar surface area (TPSA) is 26.0 Å². The van der Waals surface area contributed by atoms with Crippen LogP contribution in [0.15, 0.2) is 22.7 Å². The van der Waals surface area contributed by atoms with Crippen LogP contribution >= 0.6 is 15.9 Å². The van der Waals surface area contributed by atoms with Gasteiger partial charge in [0.15, 0.2) is 0 Å². The van der Waals surface area contributed by atoms with Gasteiger partial charge >= 0.3 is 0 Å². The predicted molar refractivity (Wildman–Crippen MR) is 65.4 cm³/mol. The Labute approximate surface area is 94.8 Å². The van der Waals surface area contributed by atoms with Gasteiger partial charge in [0.05, 0.1) is 0 Å². The Kier molecular flexibility index (Phi) is 3.38. The van der Waals surface area contributed by atoms with Crippen LogP contribution in [-0.4, -0.2) is 0 Å². The summed E-state index contributed by atoms with van der Waals surface area (Å²) < 4.78 is 1.12. The Morgan fingerprint density at radius 1 is 1.29 bits per heavy atom. The maximum atomic E-state index is 6.13. The fourth-order valence-electron chi connectivity index (χ4n) is 1.60. The van der Waals surface area contributed by atoms with Crippen molar-refractivity contribution in [2.45, 2.75) is 39.2 Å². The lowest BCUT2D eigenvalue weighted by Crippen LogP contribution is -2.30. The van der Waals surface area contributed by atoms with Crippen LogP contribution in [0.25, 0.3) is 0 Å². The fourth-order valence-corrected chi connectivity index (χ4v) is 1.98. The van der Waals surface area contributed by atoms with E-state index in [0.717, 1.165) is 4.47 Å². The molecule has 0 saturated heterocycles. The van der Waals surface area contributed by atoms with Crippen LogP contribution < -0.4 is 5.73 Å². The minimum atomic E-state index is -0.264. The molecule has 1 aromatic rings. The van der Waals surface area contributed by atoms with E-state index in [0.29, 0.717) is 5.92 Å². The van der Waals surface area contributed by atoms with Gasteiger partial charge < -0.3 is 5.73 Å². The second-order valence-electron chi connectivity index (χ2n) is 4.61. The van der Waals surface area contributed by atoms with Crippen molar-refractivity contribution in [3.05, 3.63) is 33.8 Å². The maximum Gasteiger partial charge on any atom is 0.0355 e. The molecule has 2 N–H and O–H groups in total. The second kappa shape index (κ2) is 4.03. The van der Waals surface area contributed by atoms with Crippen LogP contribution in [-0.2, 0) is 5.54 Å². The molecular formula is C12H18BrN. The van der Waals surface area contributed by atoms with Gasteiger partial charge in [0, 0.05) is 10.0 Å². The summed E-state index contributed by atoms with van der Waals surface area (Å²) in [6, 6.07) is 6.32. The Morgan fingerprint density at radius 3 is 2.29 bits per heavy atom. The molecule has 0 atom stereocenters. The molecule has 0 unspecified atom stereocenters. The molecule has 0 spiro atoms. The van der Waals surface area contributed by atoms with Gasteiger partial charge in [0.2, 0.25) is 0 Å². The number of nitrogens with two attached hydrogens (primary N) is 1. The molecule has 0 amide bonds. The largest absolute Gasteiger partial charge is 0.322 e. The molecule has 1 rings (SSSR count). The van der Waals surface area contributed by atoms with Crippen LogP contribution in [0.1, 0.15) is 44.7 Å². The van der Waals surface area contributed by atoms with E-state index in [2.05, 4.69) is 48.0 Å². The highest BCUT2D eigenvalue weighted by molar-refractivity contribution is 9.10. The first-order valence-corrected chi connectivity index (χ1v) is 5.70. The van der Waals surface area contributed by atoms with Crippen molar-refractivity contribution in [2.75, 3.05) is 0 Å². The minimum Gasteiger partial charge on any atom is -0.322 e. The summed E-state index contributed by atoms with van der Waals surface area (Å²) in [5.41, 5.74) is 8.42. The highest BCUT2D eigenvalue weighted by Crippen LogP contribution is 2.29. The molecule has 0 bridgehead atoms. The minimum absolute atomic E-state index is 0.264. The quantitative estimate of drug-likeness (QED) is 0.856. The Morgan fingerprint density at radius 2 is 1.86 bits per heavy atom. The van der Waals surface area contributed by atoms with Gasteiger partial charge in [0.1, 0.15) is 0 Å². The number of rotatable bonds is 2. The van der Waals surface area contributed by atoms with Gasteiger partial charge in [-0.3, -0.25) is 0 Å². The van der Waals surface area contributed by atoms with Crippen molar-refractivity contribution in [3.63, 3.8) is 0 Å². The standard InChI is InChI=1S/C12H18BrN/c1-8(2)10-7-9(13)5-6-11(10)12(3,4)14/h5-8H,14H2,1-4H3. The van der Waals surface area contributed by atoms with Gasteiger partial charge in [-0.2, -0.15) is 0 Å². The lowest BCUT2D eigenvalue weighted by molar-refractivity contribution is 0.543. The van der Waals surface area contributed by atoms with E-state index in [1.165, 1.54) is 11.1 Å². The highest BCUT2D eigenvalue weighted by atomic mass is 79.9. The molecule has 0 aliphatic heterocycles. The summed E-state index contributed by atoms with van der Waals surface area (Å²) in [5, 5.41) is 0. The van der Waals surface area contributed by atoms with Crippen molar-refractivity contribution in [1.82, 2.24) is 0 Å². The lowest BCUT2D eigenvalue weighted by Gasteiger charge is -2.24. The van der Waals surface area contributed by atoms with Crippen LogP contribution in [0.2, 0.25) is 0 Å². The van der Waals surface area contributed by atoms with Gasteiger partial charge in [-0.1, -0.05) is 35.8 Å². The lowest BCUT2D eigenvalue weighted by atomic mass is 9.86. The summed E-state index contributed by atoms with van der Waals surface area (Å²) in [5.74, 6) is 0.505. The summed E-state index contributed by atoms with van der Waals surface area (Å²) in [6.45, 7) is 8.47. The summed E-state index contributed by atoms with van der Waals surface area (Å²) >= 11 is 3.49. The van der Waals surface area contributed by atoms with E-state index in [1.54, 1.807) is 0 Å². The van der Waals surface area contributed by atoms with E-state index in [-0.39, 0.29) is 5.54 Å². The molecule has 0 saturated carbocycles. The van der Waals surface area contributed by atoms with E-state index in [9.17, 15) is 0 Å². The van der Waals surface area contributed by atoms with E-state index in [1.807, 2.05) is 13.8 Å².